The maximum absolute atomic E-state index is 11.6. The van der Waals surface area contributed by atoms with Crippen molar-refractivity contribution in [1.29, 1.82) is 0 Å². The molecule has 0 radical (unpaired) electrons. The summed E-state index contributed by atoms with van der Waals surface area (Å²) in [7, 11) is -13.9. The Kier molecular flexibility index (Phi) is 13.4. The summed E-state index contributed by atoms with van der Waals surface area (Å²) < 4.78 is 108. The van der Waals surface area contributed by atoms with Crippen LogP contribution in [-0.2, 0) is 30.4 Å². The van der Waals surface area contributed by atoms with Crippen molar-refractivity contribution in [1.82, 2.24) is 0 Å². The first-order chi connectivity index (χ1) is 15.5. The number of rotatable bonds is 6. The van der Waals surface area contributed by atoms with E-state index in [1.54, 1.807) is 0 Å². The van der Waals surface area contributed by atoms with E-state index < -0.39 is 56.5 Å². The summed E-state index contributed by atoms with van der Waals surface area (Å²) in [5.74, 6) is -1.31. The normalized spacial score (nSPS) is 11.9. The second-order valence-corrected chi connectivity index (χ2v) is 10.9. The van der Waals surface area contributed by atoms with Crippen LogP contribution < -0.4 is 93.4 Å². The summed E-state index contributed by atoms with van der Waals surface area (Å²) in [5.41, 5.74) is -0.712. The van der Waals surface area contributed by atoms with E-state index in [9.17, 15) is 44.0 Å². The molecule has 0 unspecified atom stereocenters. The van der Waals surface area contributed by atoms with Crippen LogP contribution in [0.3, 0.4) is 0 Å². The fraction of sp³-hybridized carbons (Fsp3) is 0.111. The molecule has 0 bridgehead atoms. The number of phenols is 1. The molecule has 0 saturated carbocycles. The number of benzene rings is 3. The molecule has 0 amide bonds. The Balaban J connectivity index is 0.00000432. The molecular weight excluding hydrogens is 585 g/mol. The number of nitrogens with zero attached hydrogens (tertiary/aromatic N) is 2. The van der Waals surface area contributed by atoms with Gasteiger partial charge in [0.25, 0.3) is 0 Å². The van der Waals surface area contributed by atoms with Crippen LogP contribution in [0.2, 0.25) is 0 Å². The molecule has 3 rings (SSSR count). The van der Waals surface area contributed by atoms with Crippen molar-refractivity contribution < 1.29 is 137 Å². The van der Waals surface area contributed by atoms with Crippen LogP contribution in [0.15, 0.2) is 61.3 Å². The van der Waals surface area contributed by atoms with Gasteiger partial charge in [0.05, 0.1) is 21.8 Å². The van der Waals surface area contributed by atoms with E-state index in [0.717, 1.165) is 37.4 Å². The minimum Gasteiger partial charge on any atom is -0.744 e. The number of phenolic OH excluding ortho intramolecular Hbond substituents is 1. The third-order valence-corrected chi connectivity index (χ3v) is 7.24. The summed E-state index contributed by atoms with van der Waals surface area (Å²) in [5, 5.41) is 17.6. The topological polar surface area (TPSA) is 226 Å². The molecule has 0 atom stereocenters. The zero-order chi connectivity index (χ0) is 25.6. The van der Waals surface area contributed by atoms with Crippen molar-refractivity contribution in [3.05, 3.63) is 42.0 Å². The predicted octanol–water partition coefficient (Wildman–Crippen LogP) is -7.00. The first-order valence-corrected chi connectivity index (χ1v) is 13.0. The summed E-state index contributed by atoms with van der Waals surface area (Å²) in [4.78, 5) is -2.46. The molecule has 37 heavy (non-hydrogen) atoms. The Morgan fingerprint density at radius 2 is 1.35 bits per heavy atom. The van der Waals surface area contributed by atoms with Gasteiger partial charge in [-0.15, -0.1) is 10.2 Å². The van der Waals surface area contributed by atoms with E-state index in [1.165, 1.54) is 6.92 Å². The van der Waals surface area contributed by atoms with Crippen LogP contribution in [-0.4, -0.2) is 51.1 Å². The fourth-order valence-corrected chi connectivity index (χ4v) is 4.86. The standard InChI is InChI=1S/C18H16N2O11S3.3Na/c1-9-5-13(14(31-2)8-15(9)33(25,26)27)19-20-17-12-4-3-11(32(22,23)24)6-10(12)7-16(18(17)21)34(28,29)30;;;/h3-8,21H,1-2H3,(H,22,23,24)(H,25,26,27)(H,28,29,30);;;/q;3*+1/p-3. The van der Waals surface area contributed by atoms with Crippen molar-refractivity contribution in [2.75, 3.05) is 7.11 Å². The molecule has 13 nitrogen and oxygen atoms in total. The van der Waals surface area contributed by atoms with Crippen LogP contribution in [0.1, 0.15) is 5.56 Å². The Labute approximate surface area is 278 Å². The monoisotopic (exact) mass is 598 g/mol. The van der Waals surface area contributed by atoms with Crippen molar-refractivity contribution >= 4 is 52.5 Å². The molecule has 0 fully saturated rings. The van der Waals surface area contributed by atoms with Crippen molar-refractivity contribution in [2.24, 2.45) is 10.2 Å². The van der Waals surface area contributed by atoms with Crippen molar-refractivity contribution in [3.8, 4) is 11.5 Å². The van der Waals surface area contributed by atoms with E-state index in [1.807, 2.05) is 0 Å². The number of ether oxygens (including phenoxy) is 1. The summed E-state index contributed by atoms with van der Waals surface area (Å²) in [6, 6.07) is 5.43. The SMILES string of the molecule is COc1cc(S(=O)(=O)[O-])c(C)cc1N=Nc1c(O)c(S(=O)(=O)[O-])cc2cc(S(=O)(=O)[O-])ccc12.[Na+].[Na+].[Na+]. The van der Waals surface area contributed by atoms with Gasteiger partial charge in [0.1, 0.15) is 47.5 Å². The van der Waals surface area contributed by atoms with Gasteiger partial charge in [-0.1, -0.05) is 6.07 Å². The van der Waals surface area contributed by atoms with E-state index >= 15 is 0 Å². The Hall–Kier alpha value is -0.150. The molecule has 19 heteroatoms. The number of hydrogen-bond acceptors (Lipinski definition) is 13. The fourth-order valence-electron chi connectivity index (χ4n) is 3.05. The minimum absolute atomic E-state index is 0. The Bertz CT molecular complexity index is 1690. The van der Waals surface area contributed by atoms with Gasteiger partial charge in [-0.25, -0.2) is 25.3 Å². The molecule has 3 aromatic rings. The van der Waals surface area contributed by atoms with Gasteiger partial charge in [-0.3, -0.25) is 0 Å². The second-order valence-electron chi connectivity index (χ2n) is 6.81. The summed E-state index contributed by atoms with van der Waals surface area (Å²) >= 11 is 0. The van der Waals surface area contributed by atoms with Gasteiger partial charge in [0.2, 0.25) is 0 Å². The molecule has 1 N–H and O–H groups in total. The summed E-state index contributed by atoms with van der Waals surface area (Å²) in [6.45, 7) is 1.30. The predicted molar refractivity (Wildman–Crippen MR) is 111 cm³/mol. The molecule has 0 saturated heterocycles. The third kappa shape index (κ3) is 8.42. The van der Waals surface area contributed by atoms with Crippen LogP contribution in [0.25, 0.3) is 10.8 Å². The largest absolute Gasteiger partial charge is 1.00 e. The Morgan fingerprint density at radius 1 is 0.784 bits per heavy atom. The molecule has 0 spiro atoms. The van der Waals surface area contributed by atoms with Gasteiger partial charge >= 0.3 is 88.7 Å². The van der Waals surface area contributed by atoms with Gasteiger partial charge in [-0.2, -0.15) is 0 Å². The molecule has 0 aliphatic carbocycles. The Morgan fingerprint density at radius 3 is 1.84 bits per heavy atom. The smallest absolute Gasteiger partial charge is 0.744 e. The van der Waals surface area contributed by atoms with Gasteiger partial charge in [0, 0.05) is 11.5 Å². The molecule has 0 aromatic heterocycles. The van der Waals surface area contributed by atoms with Gasteiger partial charge < -0.3 is 23.5 Å². The van der Waals surface area contributed by atoms with E-state index in [2.05, 4.69) is 10.2 Å². The van der Waals surface area contributed by atoms with E-state index in [-0.39, 0.29) is 116 Å². The minimum atomic E-state index is -5.28. The second kappa shape index (κ2) is 13.5. The molecule has 3 aromatic carbocycles. The first-order valence-electron chi connectivity index (χ1n) is 8.82. The number of aromatic hydroxyl groups is 1. The molecule has 0 aliphatic rings. The summed E-state index contributed by atoms with van der Waals surface area (Å²) in [6.07, 6.45) is 0. The molecule has 0 aliphatic heterocycles. The van der Waals surface area contributed by atoms with Gasteiger partial charge in [0.15, 0.2) is 5.75 Å². The maximum atomic E-state index is 11.6. The number of azo groups is 1. The number of aryl methyl sites for hydroxylation is 1. The number of methoxy groups -OCH3 is 1. The average molecular weight is 598 g/mol. The van der Waals surface area contributed by atoms with Crippen LogP contribution >= 0.6 is 0 Å². The number of hydrogen-bond donors (Lipinski definition) is 1. The molecule has 182 valence electrons. The van der Waals surface area contributed by atoms with Crippen LogP contribution in [0.4, 0.5) is 11.4 Å². The zero-order valence-corrected chi connectivity index (χ0v) is 28.6. The van der Waals surface area contributed by atoms with E-state index in [0.29, 0.717) is 6.07 Å². The first kappa shape index (κ1) is 36.8. The van der Waals surface area contributed by atoms with Crippen LogP contribution in [0.5, 0.6) is 11.5 Å². The van der Waals surface area contributed by atoms with Crippen LogP contribution in [0, 0.1) is 6.92 Å². The van der Waals surface area contributed by atoms with E-state index in [4.69, 9.17) is 4.74 Å². The molecular formula is C18H13N2Na3O11S3. The number of fused-ring (bicyclic) bond motifs is 1. The van der Waals surface area contributed by atoms with Gasteiger partial charge in [-0.05, 0) is 42.1 Å². The molecule has 0 heterocycles. The van der Waals surface area contributed by atoms with Crippen molar-refractivity contribution in [3.63, 3.8) is 0 Å². The quantitative estimate of drug-likeness (QED) is 0.159. The maximum Gasteiger partial charge on any atom is 1.00 e. The zero-order valence-electron chi connectivity index (χ0n) is 20.1. The third-order valence-electron chi connectivity index (χ3n) is 4.58. The van der Waals surface area contributed by atoms with Crippen molar-refractivity contribution in [2.45, 2.75) is 21.6 Å². The average Bonchev–Trinajstić information content (AvgIpc) is 2.70.